The highest BCUT2D eigenvalue weighted by Crippen LogP contribution is 2.09. The monoisotopic (exact) mass is 297 g/mol. The lowest BCUT2D eigenvalue weighted by Gasteiger charge is -2.16. The minimum absolute atomic E-state index is 0.0531. The molecule has 0 fully saturated rings. The van der Waals surface area contributed by atoms with Crippen molar-refractivity contribution < 1.29 is 14.3 Å². The average Bonchev–Trinajstić information content (AvgIpc) is 2.89. The maximum Gasteiger partial charge on any atom is 0.308 e. The van der Waals surface area contributed by atoms with Crippen molar-refractivity contribution in [1.29, 1.82) is 0 Å². The van der Waals surface area contributed by atoms with Crippen LogP contribution in [0.5, 0.6) is 0 Å². The Morgan fingerprint density at radius 2 is 2.15 bits per heavy atom. The van der Waals surface area contributed by atoms with Gasteiger partial charge in [-0.1, -0.05) is 25.8 Å². The molecule has 1 heterocycles. The molecule has 0 aliphatic carbocycles. The molecule has 1 amide bonds. The van der Waals surface area contributed by atoms with Crippen LogP contribution < -0.4 is 5.32 Å². The van der Waals surface area contributed by atoms with Crippen molar-refractivity contribution in [2.45, 2.75) is 58.6 Å². The summed E-state index contributed by atoms with van der Waals surface area (Å²) in [6.07, 6.45) is 3.18. The van der Waals surface area contributed by atoms with E-state index >= 15 is 0 Å². The second-order valence-corrected chi connectivity index (χ2v) is 5.95. The first-order chi connectivity index (χ1) is 9.52. The summed E-state index contributed by atoms with van der Waals surface area (Å²) in [4.78, 5) is 24.2. The Balaban J connectivity index is 2.29. The molecular weight excluding hydrogens is 274 g/mol. The van der Waals surface area contributed by atoms with Crippen LogP contribution in [0.2, 0.25) is 0 Å². The number of hydrogen-bond donors (Lipinski definition) is 1. The number of unbranched alkanes of at least 4 members (excludes halogenated alkanes) is 1. The molecule has 1 rings (SSSR count). The zero-order chi connectivity index (χ0) is 15.0. The van der Waals surface area contributed by atoms with Gasteiger partial charge in [0.1, 0.15) is 0 Å². The highest BCUT2D eigenvalue weighted by Gasteiger charge is 2.16. The van der Waals surface area contributed by atoms with E-state index in [1.54, 1.807) is 6.07 Å². The van der Waals surface area contributed by atoms with Gasteiger partial charge in [0.25, 0.3) is 5.91 Å². The number of carbonyl (C=O) groups excluding carboxylic acids is 2. The van der Waals surface area contributed by atoms with Gasteiger partial charge in [-0.2, -0.15) is 0 Å². The van der Waals surface area contributed by atoms with Gasteiger partial charge in [0, 0.05) is 6.04 Å². The number of rotatable bonds is 8. The van der Waals surface area contributed by atoms with Crippen molar-refractivity contribution in [2.75, 3.05) is 0 Å². The van der Waals surface area contributed by atoms with E-state index in [1.807, 2.05) is 25.3 Å². The summed E-state index contributed by atoms with van der Waals surface area (Å²) in [7, 11) is 0. The Labute approximate surface area is 124 Å². The van der Waals surface area contributed by atoms with E-state index in [0.717, 1.165) is 19.3 Å². The standard InChI is InChI=1S/C15H23NO3S/c1-4-5-7-12(3)19-14(17)10-11(2)16-15(18)13-8-6-9-20-13/h6,8-9,11-12H,4-5,7,10H2,1-3H3,(H,16,18). The molecule has 1 N–H and O–H groups in total. The van der Waals surface area contributed by atoms with Crippen LogP contribution >= 0.6 is 11.3 Å². The maximum absolute atomic E-state index is 11.8. The third-order valence-corrected chi connectivity index (χ3v) is 3.76. The minimum atomic E-state index is -0.257. The molecule has 0 saturated heterocycles. The molecule has 112 valence electrons. The van der Waals surface area contributed by atoms with Crippen molar-refractivity contribution in [3.63, 3.8) is 0 Å². The summed E-state index contributed by atoms with van der Waals surface area (Å²) < 4.78 is 5.31. The number of esters is 1. The molecule has 5 heteroatoms. The molecule has 0 aliphatic rings. The van der Waals surface area contributed by atoms with Crippen molar-refractivity contribution in [2.24, 2.45) is 0 Å². The molecule has 2 unspecified atom stereocenters. The van der Waals surface area contributed by atoms with E-state index in [4.69, 9.17) is 4.74 Å². The van der Waals surface area contributed by atoms with Crippen LogP contribution in [0.15, 0.2) is 17.5 Å². The zero-order valence-corrected chi connectivity index (χ0v) is 13.2. The molecule has 2 atom stereocenters. The molecular formula is C15H23NO3S. The highest BCUT2D eigenvalue weighted by molar-refractivity contribution is 7.12. The fourth-order valence-electron chi connectivity index (χ4n) is 1.83. The van der Waals surface area contributed by atoms with E-state index in [1.165, 1.54) is 11.3 Å². The topological polar surface area (TPSA) is 55.4 Å². The molecule has 0 bridgehead atoms. The van der Waals surface area contributed by atoms with Crippen LogP contribution in [0.25, 0.3) is 0 Å². The molecule has 1 aromatic rings. The Morgan fingerprint density at radius 1 is 1.40 bits per heavy atom. The normalized spacial score (nSPS) is 13.6. The molecule has 0 spiro atoms. The number of hydrogen-bond acceptors (Lipinski definition) is 4. The van der Waals surface area contributed by atoms with Crippen LogP contribution in [0.4, 0.5) is 0 Å². The quantitative estimate of drug-likeness (QED) is 0.748. The van der Waals surface area contributed by atoms with Gasteiger partial charge in [0.15, 0.2) is 0 Å². The second kappa shape index (κ2) is 8.74. The van der Waals surface area contributed by atoms with Gasteiger partial charge in [0.2, 0.25) is 0 Å². The Morgan fingerprint density at radius 3 is 2.75 bits per heavy atom. The second-order valence-electron chi connectivity index (χ2n) is 5.00. The highest BCUT2D eigenvalue weighted by atomic mass is 32.1. The summed E-state index contributed by atoms with van der Waals surface area (Å²) in [6.45, 7) is 5.82. The SMILES string of the molecule is CCCCC(C)OC(=O)CC(C)NC(=O)c1cccs1. The van der Waals surface area contributed by atoms with Crippen molar-refractivity contribution >= 4 is 23.2 Å². The summed E-state index contributed by atoms with van der Waals surface area (Å²) in [5.41, 5.74) is 0. The predicted molar refractivity (Wildman–Crippen MR) is 80.9 cm³/mol. The van der Waals surface area contributed by atoms with E-state index in [2.05, 4.69) is 12.2 Å². The molecule has 0 aromatic carbocycles. The lowest BCUT2D eigenvalue weighted by molar-refractivity contribution is -0.148. The van der Waals surface area contributed by atoms with Crippen LogP contribution in [0, 0.1) is 0 Å². The minimum Gasteiger partial charge on any atom is -0.463 e. The third kappa shape index (κ3) is 6.19. The Bertz CT molecular complexity index is 417. The fourth-order valence-corrected chi connectivity index (χ4v) is 2.45. The van der Waals surface area contributed by atoms with Crippen LogP contribution in [-0.4, -0.2) is 24.0 Å². The van der Waals surface area contributed by atoms with Gasteiger partial charge in [0.05, 0.1) is 17.4 Å². The molecule has 20 heavy (non-hydrogen) atoms. The summed E-state index contributed by atoms with van der Waals surface area (Å²) in [5.74, 6) is -0.396. The first-order valence-electron chi connectivity index (χ1n) is 7.06. The fraction of sp³-hybridized carbons (Fsp3) is 0.600. The molecule has 1 aromatic heterocycles. The van der Waals surface area contributed by atoms with Crippen molar-refractivity contribution in [3.8, 4) is 0 Å². The zero-order valence-electron chi connectivity index (χ0n) is 12.3. The first-order valence-corrected chi connectivity index (χ1v) is 7.94. The van der Waals surface area contributed by atoms with Gasteiger partial charge in [-0.15, -0.1) is 11.3 Å². The van der Waals surface area contributed by atoms with Crippen molar-refractivity contribution in [3.05, 3.63) is 22.4 Å². The number of ether oxygens (including phenoxy) is 1. The van der Waals surface area contributed by atoms with Crippen LogP contribution in [0.3, 0.4) is 0 Å². The van der Waals surface area contributed by atoms with E-state index in [9.17, 15) is 9.59 Å². The first kappa shape index (κ1) is 16.7. The van der Waals surface area contributed by atoms with Gasteiger partial charge in [-0.25, -0.2) is 0 Å². The molecule has 4 nitrogen and oxygen atoms in total. The van der Waals surface area contributed by atoms with Gasteiger partial charge in [-0.05, 0) is 31.7 Å². The third-order valence-electron chi connectivity index (χ3n) is 2.89. The largest absolute Gasteiger partial charge is 0.463 e. The lowest BCUT2D eigenvalue weighted by Crippen LogP contribution is -2.34. The Hall–Kier alpha value is -1.36. The number of nitrogens with one attached hydrogen (secondary N) is 1. The van der Waals surface area contributed by atoms with Gasteiger partial charge in [-0.3, -0.25) is 9.59 Å². The summed E-state index contributed by atoms with van der Waals surface area (Å²) in [6, 6.07) is 3.36. The number of carbonyl (C=O) groups is 2. The molecule has 0 aliphatic heterocycles. The number of thiophene rings is 1. The predicted octanol–water partition coefficient (Wildman–Crippen LogP) is 3.38. The van der Waals surface area contributed by atoms with E-state index in [-0.39, 0.29) is 30.4 Å². The summed E-state index contributed by atoms with van der Waals surface area (Å²) >= 11 is 1.38. The maximum atomic E-state index is 11.8. The molecule has 0 saturated carbocycles. The van der Waals surface area contributed by atoms with Crippen molar-refractivity contribution in [1.82, 2.24) is 5.32 Å². The number of amides is 1. The van der Waals surface area contributed by atoms with Crippen LogP contribution in [-0.2, 0) is 9.53 Å². The average molecular weight is 297 g/mol. The Kier molecular flexibility index (Phi) is 7.30. The molecule has 0 radical (unpaired) electrons. The van der Waals surface area contributed by atoms with E-state index in [0.29, 0.717) is 4.88 Å². The van der Waals surface area contributed by atoms with Gasteiger partial charge >= 0.3 is 5.97 Å². The summed E-state index contributed by atoms with van der Waals surface area (Å²) in [5, 5.41) is 4.65. The smallest absolute Gasteiger partial charge is 0.308 e. The van der Waals surface area contributed by atoms with Crippen LogP contribution in [0.1, 0.15) is 56.1 Å². The lowest BCUT2D eigenvalue weighted by atomic mass is 10.2. The van der Waals surface area contributed by atoms with Gasteiger partial charge < -0.3 is 10.1 Å². The van der Waals surface area contributed by atoms with E-state index < -0.39 is 0 Å².